The van der Waals surface area contributed by atoms with Gasteiger partial charge >= 0.3 is 0 Å². The molecule has 84 valence electrons. The van der Waals surface area contributed by atoms with Crippen molar-refractivity contribution in [1.82, 2.24) is 10.3 Å². The molecule has 1 unspecified atom stereocenters. The van der Waals surface area contributed by atoms with Gasteiger partial charge in [-0.3, -0.25) is 4.98 Å². The van der Waals surface area contributed by atoms with Gasteiger partial charge in [0.15, 0.2) is 0 Å². The number of nitrogens with one attached hydrogen (secondary N) is 1. The molecule has 1 heterocycles. The van der Waals surface area contributed by atoms with Gasteiger partial charge in [-0.1, -0.05) is 20.8 Å². The van der Waals surface area contributed by atoms with Crippen LogP contribution in [0.25, 0.3) is 0 Å². The second-order valence-electron chi connectivity index (χ2n) is 4.34. The van der Waals surface area contributed by atoms with Gasteiger partial charge in [0.1, 0.15) is 0 Å². The number of pyridine rings is 1. The highest BCUT2D eigenvalue weighted by atomic mass is 14.9. The van der Waals surface area contributed by atoms with Gasteiger partial charge in [0, 0.05) is 18.9 Å². The van der Waals surface area contributed by atoms with Crippen LogP contribution in [0, 0.1) is 5.92 Å². The van der Waals surface area contributed by atoms with Gasteiger partial charge in [0.25, 0.3) is 0 Å². The van der Waals surface area contributed by atoms with Crippen LogP contribution in [0.4, 0.5) is 0 Å². The fourth-order valence-electron chi connectivity index (χ4n) is 1.78. The zero-order valence-electron chi connectivity index (χ0n) is 10.0. The van der Waals surface area contributed by atoms with E-state index in [9.17, 15) is 0 Å². The lowest BCUT2D eigenvalue weighted by Crippen LogP contribution is -2.25. The lowest BCUT2D eigenvalue weighted by Gasteiger charge is -2.21. The molecule has 0 saturated heterocycles. The normalized spacial score (nSPS) is 13.1. The van der Waals surface area contributed by atoms with E-state index in [2.05, 4.69) is 43.2 Å². The third-order valence-electron chi connectivity index (χ3n) is 2.73. The summed E-state index contributed by atoms with van der Waals surface area (Å²) in [7, 11) is 0. The monoisotopic (exact) mass is 206 g/mol. The number of nitrogens with zero attached hydrogens (tertiary/aromatic N) is 1. The average Bonchev–Trinajstić information content (AvgIpc) is 2.25. The molecule has 15 heavy (non-hydrogen) atoms. The Labute approximate surface area is 93.1 Å². The van der Waals surface area contributed by atoms with E-state index in [4.69, 9.17) is 0 Å². The Morgan fingerprint density at radius 3 is 2.47 bits per heavy atom. The molecule has 1 atom stereocenters. The largest absolute Gasteiger partial charge is 0.316 e. The summed E-state index contributed by atoms with van der Waals surface area (Å²) in [6.07, 6.45) is 4.95. The Bertz CT molecular complexity index is 256. The first kappa shape index (κ1) is 12.2. The Morgan fingerprint density at radius 2 is 1.93 bits per heavy atom. The molecule has 1 aromatic rings. The fraction of sp³-hybridized carbons (Fsp3) is 0.615. The predicted molar refractivity (Wildman–Crippen MR) is 65.0 cm³/mol. The third kappa shape index (κ3) is 4.00. The second kappa shape index (κ2) is 6.57. The van der Waals surface area contributed by atoms with Crippen molar-refractivity contribution in [3.05, 3.63) is 30.1 Å². The number of rotatable bonds is 6. The molecule has 0 aliphatic heterocycles. The van der Waals surface area contributed by atoms with Crippen LogP contribution >= 0.6 is 0 Å². The van der Waals surface area contributed by atoms with E-state index >= 15 is 0 Å². The van der Waals surface area contributed by atoms with E-state index in [1.165, 1.54) is 12.0 Å². The quantitative estimate of drug-likeness (QED) is 0.724. The molecule has 0 radical (unpaired) electrons. The van der Waals surface area contributed by atoms with Gasteiger partial charge in [-0.15, -0.1) is 0 Å². The maximum Gasteiger partial charge on any atom is 0.0270 e. The average molecular weight is 206 g/mol. The summed E-state index contributed by atoms with van der Waals surface area (Å²) in [6.45, 7) is 8.92. The number of aromatic nitrogens is 1. The van der Waals surface area contributed by atoms with Crippen LogP contribution in [-0.4, -0.2) is 18.1 Å². The minimum absolute atomic E-state index is 0.597. The van der Waals surface area contributed by atoms with Crippen molar-refractivity contribution in [1.29, 1.82) is 0 Å². The standard InChI is InChI=1S/C13H22N2/c1-4-7-15-10-13(11(2)3)12-5-8-14-9-6-12/h5-6,8-9,11,13,15H,4,7,10H2,1-3H3. The minimum Gasteiger partial charge on any atom is -0.316 e. The van der Waals surface area contributed by atoms with Crippen LogP contribution in [0.2, 0.25) is 0 Å². The third-order valence-corrected chi connectivity index (χ3v) is 2.73. The van der Waals surface area contributed by atoms with Crippen molar-refractivity contribution in [3.63, 3.8) is 0 Å². The highest BCUT2D eigenvalue weighted by Gasteiger charge is 2.14. The molecule has 1 aromatic heterocycles. The van der Waals surface area contributed by atoms with Crippen LogP contribution < -0.4 is 5.32 Å². The molecule has 1 rings (SSSR count). The van der Waals surface area contributed by atoms with Gasteiger partial charge in [-0.2, -0.15) is 0 Å². The van der Waals surface area contributed by atoms with Crippen molar-refractivity contribution in [2.75, 3.05) is 13.1 Å². The molecule has 0 aliphatic carbocycles. The maximum atomic E-state index is 4.06. The van der Waals surface area contributed by atoms with Crippen LogP contribution in [-0.2, 0) is 0 Å². The van der Waals surface area contributed by atoms with E-state index in [1.54, 1.807) is 0 Å². The maximum absolute atomic E-state index is 4.06. The lowest BCUT2D eigenvalue weighted by molar-refractivity contribution is 0.461. The molecule has 0 bridgehead atoms. The number of hydrogen-bond acceptors (Lipinski definition) is 2. The molecule has 0 aliphatic rings. The van der Waals surface area contributed by atoms with E-state index in [0.717, 1.165) is 13.1 Å². The fourth-order valence-corrected chi connectivity index (χ4v) is 1.78. The molecule has 2 heteroatoms. The van der Waals surface area contributed by atoms with E-state index in [-0.39, 0.29) is 0 Å². The van der Waals surface area contributed by atoms with E-state index < -0.39 is 0 Å². The molecule has 1 N–H and O–H groups in total. The molecular formula is C13H22N2. The van der Waals surface area contributed by atoms with Crippen molar-refractivity contribution in [2.45, 2.75) is 33.1 Å². The van der Waals surface area contributed by atoms with Crippen LogP contribution in [0.3, 0.4) is 0 Å². The summed E-state index contributed by atoms with van der Waals surface area (Å²) in [5, 5.41) is 3.49. The lowest BCUT2D eigenvalue weighted by atomic mass is 9.89. The van der Waals surface area contributed by atoms with Gasteiger partial charge in [0.05, 0.1) is 0 Å². The summed E-state index contributed by atoms with van der Waals surface area (Å²) in [5.74, 6) is 1.26. The van der Waals surface area contributed by atoms with Gasteiger partial charge in [-0.25, -0.2) is 0 Å². The topological polar surface area (TPSA) is 24.9 Å². The minimum atomic E-state index is 0.597. The van der Waals surface area contributed by atoms with Gasteiger partial charge in [-0.05, 0) is 42.5 Å². The summed E-state index contributed by atoms with van der Waals surface area (Å²) in [4.78, 5) is 4.06. The molecule has 0 spiro atoms. The van der Waals surface area contributed by atoms with Gasteiger partial charge < -0.3 is 5.32 Å². The Kier molecular flexibility index (Phi) is 5.33. The highest BCUT2D eigenvalue weighted by Crippen LogP contribution is 2.22. The zero-order chi connectivity index (χ0) is 11.1. The highest BCUT2D eigenvalue weighted by molar-refractivity contribution is 5.16. The van der Waals surface area contributed by atoms with Crippen LogP contribution in [0.1, 0.15) is 38.7 Å². The van der Waals surface area contributed by atoms with Crippen LogP contribution in [0.15, 0.2) is 24.5 Å². The molecule has 0 amide bonds. The first-order valence-corrected chi connectivity index (χ1v) is 5.86. The summed E-state index contributed by atoms with van der Waals surface area (Å²) in [6, 6.07) is 4.25. The SMILES string of the molecule is CCCNCC(c1ccncc1)C(C)C. The van der Waals surface area contributed by atoms with Crippen molar-refractivity contribution >= 4 is 0 Å². The Hall–Kier alpha value is -0.890. The summed E-state index contributed by atoms with van der Waals surface area (Å²) in [5.41, 5.74) is 1.39. The molecule has 0 fully saturated rings. The first-order chi connectivity index (χ1) is 7.25. The van der Waals surface area contributed by atoms with Crippen molar-refractivity contribution in [3.8, 4) is 0 Å². The predicted octanol–water partition coefficient (Wildman–Crippen LogP) is 2.82. The second-order valence-corrected chi connectivity index (χ2v) is 4.34. The first-order valence-electron chi connectivity index (χ1n) is 5.86. The molecule has 0 aromatic carbocycles. The Morgan fingerprint density at radius 1 is 1.27 bits per heavy atom. The van der Waals surface area contributed by atoms with Crippen molar-refractivity contribution in [2.24, 2.45) is 5.92 Å². The summed E-state index contributed by atoms with van der Waals surface area (Å²) >= 11 is 0. The van der Waals surface area contributed by atoms with Gasteiger partial charge in [0.2, 0.25) is 0 Å². The van der Waals surface area contributed by atoms with E-state index in [0.29, 0.717) is 11.8 Å². The Balaban J connectivity index is 2.58. The zero-order valence-corrected chi connectivity index (χ0v) is 10.0. The molecule has 2 nitrogen and oxygen atoms in total. The molecular weight excluding hydrogens is 184 g/mol. The van der Waals surface area contributed by atoms with E-state index in [1.807, 2.05) is 12.4 Å². The smallest absolute Gasteiger partial charge is 0.0270 e. The number of hydrogen-bond donors (Lipinski definition) is 1. The van der Waals surface area contributed by atoms with Crippen LogP contribution in [0.5, 0.6) is 0 Å². The van der Waals surface area contributed by atoms with Crippen molar-refractivity contribution < 1.29 is 0 Å². The molecule has 0 saturated carbocycles. The summed E-state index contributed by atoms with van der Waals surface area (Å²) < 4.78 is 0.